The molecule has 1 aliphatic rings. The maximum Gasteiger partial charge on any atom is 0.270 e. The number of aromatic nitrogens is 2. The third-order valence-corrected chi connectivity index (χ3v) is 6.52. The molecule has 1 amide bonds. The Morgan fingerprint density at radius 2 is 2.13 bits per heavy atom. The van der Waals surface area contributed by atoms with Crippen LogP contribution in [-0.4, -0.2) is 49.7 Å². The average Bonchev–Trinajstić information content (AvgIpc) is 3.23. The number of rotatable bonds is 6. The fraction of sp³-hybridized carbons (Fsp3) is 0.409. The molecule has 1 atom stereocenters. The summed E-state index contributed by atoms with van der Waals surface area (Å²) in [6, 6.07) is 5.65. The van der Waals surface area contributed by atoms with E-state index in [2.05, 4.69) is 10.3 Å². The summed E-state index contributed by atoms with van der Waals surface area (Å²) < 4.78 is 11.3. The van der Waals surface area contributed by atoms with Crippen molar-refractivity contribution in [2.75, 3.05) is 38.8 Å². The molecule has 1 saturated heterocycles. The molecule has 1 aromatic carbocycles. The van der Waals surface area contributed by atoms with Crippen molar-refractivity contribution >= 4 is 33.4 Å². The van der Waals surface area contributed by atoms with Crippen LogP contribution >= 0.6 is 11.3 Å². The Bertz CT molecular complexity index is 1160. The van der Waals surface area contributed by atoms with Crippen LogP contribution in [0.3, 0.4) is 0 Å². The summed E-state index contributed by atoms with van der Waals surface area (Å²) in [6.45, 7) is 3.81. The number of benzene rings is 1. The maximum absolute atomic E-state index is 12.8. The Morgan fingerprint density at radius 3 is 2.87 bits per heavy atom. The standard InChI is InChI=1S/C22H26N4O4S/c1-4-23-20(27)14-6-5-9-26(11-14)22-24-18-15(12-31-19(18)21(28)25-22)13-7-8-16(29-2)17(10-13)30-3/h7-8,10,12,14H,4-6,9,11H2,1-3H3,(H,23,27)(H,24,25,28). The molecular weight excluding hydrogens is 416 g/mol. The van der Waals surface area contributed by atoms with Crippen molar-refractivity contribution in [3.63, 3.8) is 0 Å². The zero-order valence-corrected chi connectivity index (χ0v) is 18.7. The number of hydrogen-bond donors (Lipinski definition) is 2. The molecule has 1 aliphatic heterocycles. The van der Waals surface area contributed by atoms with Gasteiger partial charge in [-0.2, -0.15) is 0 Å². The van der Waals surface area contributed by atoms with Crippen molar-refractivity contribution < 1.29 is 14.3 Å². The van der Waals surface area contributed by atoms with Crippen LogP contribution in [0.2, 0.25) is 0 Å². The normalized spacial score (nSPS) is 16.4. The molecule has 3 heterocycles. The number of ether oxygens (including phenoxy) is 2. The van der Waals surface area contributed by atoms with Gasteiger partial charge in [0.1, 0.15) is 4.70 Å². The Balaban J connectivity index is 1.72. The molecule has 3 aromatic rings. The van der Waals surface area contributed by atoms with Crippen LogP contribution in [0.15, 0.2) is 28.4 Å². The smallest absolute Gasteiger partial charge is 0.270 e. The van der Waals surface area contributed by atoms with Crippen molar-refractivity contribution in [2.45, 2.75) is 19.8 Å². The summed E-state index contributed by atoms with van der Waals surface area (Å²) >= 11 is 1.37. The molecule has 164 valence electrons. The lowest BCUT2D eigenvalue weighted by atomic mass is 9.97. The molecule has 2 N–H and O–H groups in total. The summed E-state index contributed by atoms with van der Waals surface area (Å²) in [5.41, 5.74) is 2.24. The number of hydrogen-bond acceptors (Lipinski definition) is 7. The first-order chi connectivity index (χ1) is 15.0. The van der Waals surface area contributed by atoms with Crippen LogP contribution in [0.25, 0.3) is 21.3 Å². The number of nitrogens with zero attached hydrogens (tertiary/aromatic N) is 2. The fourth-order valence-corrected chi connectivity index (χ4v) is 4.89. The first-order valence-corrected chi connectivity index (χ1v) is 11.2. The minimum atomic E-state index is -0.170. The minimum Gasteiger partial charge on any atom is -0.493 e. The monoisotopic (exact) mass is 442 g/mol. The number of carbonyl (C=O) groups excluding carboxylic acids is 1. The zero-order chi connectivity index (χ0) is 22.0. The molecule has 31 heavy (non-hydrogen) atoms. The van der Waals surface area contributed by atoms with E-state index in [1.165, 1.54) is 11.3 Å². The lowest BCUT2D eigenvalue weighted by molar-refractivity contribution is -0.125. The first kappa shape index (κ1) is 21.2. The van der Waals surface area contributed by atoms with Gasteiger partial charge in [0.25, 0.3) is 5.56 Å². The van der Waals surface area contributed by atoms with Gasteiger partial charge in [-0.05, 0) is 37.5 Å². The van der Waals surface area contributed by atoms with Crippen molar-refractivity contribution in [3.05, 3.63) is 33.9 Å². The maximum atomic E-state index is 12.8. The Morgan fingerprint density at radius 1 is 1.32 bits per heavy atom. The van der Waals surface area contributed by atoms with Gasteiger partial charge in [-0.15, -0.1) is 11.3 Å². The van der Waals surface area contributed by atoms with Crippen LogP contribution in [0.4, 0.5) is 5.95 Å². The summed E-state index contributed by atoms with van der Waals surface area (Å²) in [5.74, 6) is 1.71. The van der Waals surface area contributed by atoms with Crippen molar-refractivity contribution in [3.8, 4) is 22.6 Å². The molecule has 0 bridgehead atoms. The van der Waals surface area contributed by atoms with Crippen LogP contribution in [0, 0.1) is 5.92 Å². The van der Waals surface area contributed by atoms with E-state index in [1.54, 1.807) is 14.2 Å². The highest BCUT2D eigenvalue weighted by atomic mass is 32.1. The topological polar surface area (TPSA) is 96.6 Å². The molecule has 0 saturated carbocycles. The number of thiophene rings is 1. The predicted octanol–water partition coefficient (Wildman–Crippen LogP) is 3.02. The van der Waals surface area contributed by atoms with Crippen molar-refractivity contribution in [1.82, 2.24) is 15.3 Å². The molecule has 4 rings (SSSR count). The van der Waals surface area contributed by atoms with Gasteiger partial charge >= 0.3 is 0 Å². The van der Waals surface area contributed by atoms with Gasteiger partial charge in [-0.1, -0.05) is 6.07 Å². The SMILES string of the molecule is CCNC(=O)C1CCCN(c2nc3c(-c4ccc(OC)c(OC)c4)csc3c(=O)[nH]2)C1. The van der Waals surface area contributed by atoms with Gasteiger partial charge in [-0.3, -0.25) is 14.6 Å². The summed E-state index contributed by atoms with van der Waals surface area (Å²) in [7, 11) is 3.19. The van der Waals surface area contributed by atoms with E-state index in [1.807, 2.05) is 35.4 Å². The van der Waals surface area contributed by atoms with E-state index >= 15 is 0 Å². The number of anilines is 1. The van der Waals surface area contributed by atoms with Crippen molar-refractivity contribution in [1.29, 1.82) is 0 Å². The minimum absolute atomic E-state index is 0.0529. The quantitative estimate of drug-likeness (QED) is 0.609. The van der Waals surface area contributed by atoms with E-state index in [9.17, 15) is 9.59 Å². The van der Waals surface area contributed by atoms with Gasteiger partial charge in [-0.25, -0.2) is 4.98 Å². The van der Waals surface area contributed by atoms with E-state index < -0.39 is 0 Å². The molecule has 1 fully saturated rings. The Hall–Kier alpha value is -3.07. The number of amides is 1. The number of piperidine rings is 1. The highest BCUT2D eigenvalue weighted by Crippen LogP contribution is 2.37. The number of H-pyrrole nitrogens is 1. The largest absolute Gasteiger partial charge is 0.493 e. The highest BCUT2D eigenvalue weighted by Gasteiger charge is 2.27. The molecule has 1 unspecified atom stereocenters. The second kappa shape index (κ2) is 8.97. The first-order valence-electron chi connectivity index (χ1n) is 10.3. The summed E-state index contributed by atoms with van der Waals surface area (Å²) in [4.78, 5) is 34.8. The molecular formula is C22H26N4O4S. The van der Waals surface area contributed by atoms with Crippen LogP contribution in [-0.2, 0) is 4.79 Å². The Labute approximate surface area is 184 Å². The van der Waals surface area contributed by atoms with E-state index in [-0.39, 0.29) is 17.4 Å². The predicted molar refractivity (Wildman–Crippen MR) is 122 cm³/mol. The van der Waals surface area contributed by atoms with Gasteiger partial charge in [0.2, 0.25) is 11.9 Å². The van der Waals surface area contributed by atoms with Crippen molar-refractivity contribution in [2.24, 2.45) is 5.92 Å². The van der Waals surface area contributed by atoms with E-state index in [0.29, 0.717) is 40.8 Å². The Kier molecular flexibility index (Phi) is 6.13. The molecule has 8 nitrogen and oxygen atoms in total. The number of nitrogens with one attached hydrogen (secondary N) is 2. The second-order valence-electron chi connectivity index (χ2n) is 7.47. The van der Waals surface area contributed by atoms with Gasteiger partial charge in [0, 0.05) is 30.6 Å². The molecule has 2 aromatic heterocycles. The molecule has 0 aliphatic carbocycles. The third-order valence-electron chi connectivity index (χ3n) is 5.55. The number of fused-ring (bicyclic) bond motifs is 1. The summed E-state index contributed by atoms with van der Waals surface area (Å²) in [5, 5.41) is 4.83. The average molecular weight is 443 g/mol. The molecule has 0 radical (unpaired) electrons. The number of carbonyl (C=O) groups is 1. The van der Waals surface area contributed by atoms with Gasteiger partial charge < -0.3 is 19.7 Å². The highest BCUT2D eigenvalue weighted by molar-refractivity contribution is 7.17. The number of methoxy groups -OCH3 is 2. The lowest BCUT2D eigenvalue weighted by Gasteiger charge is -2.32. The zero-order valence-electron chi connectivity index (χ0n) is 17.9. The van der Waals surface area contributed by atoms with Crippen LogP contribution in [0.1, 0.15) is 19.8 Å². The molecule has 0 spiro atoms. The lowest BCUT2D eigenvalue weighted by Crippen LogP contribution is -2.44. The van der Waals surface area contributed by atoms with E-state index in [4.69, 9.17) is 14.5 Å². The molecule has 9 heteroatoms. The number of aromatic amines is 1. The van der Waals surface area contributed by atoms with E-state index in [0.717, 1.165) is 30.5 Å². The fourth-order valence-electron chi connectivity index (χ4n) is 3.98. The second-order valence-corrected chi connectivity index (χ2v) is 8.35. The van der Waals surface area contributed by atoms with Gasteiger partial charge in [0.15, 0.2) is 11.5 Å². The van der Waals surface area contributed by atoms with Crippen LogP contribution < -0.4 is 25.2 Å². The van der Waals surface area contributed by atoms with Crippen LogP contribution in [0.5, 0.6) is 11.5 Å². The summed E-state index contributed by atoms with van der Waals surface area (Å²) in [6.07, 6.45) is 1.71. The van der Waals surface area contributed by atoms with Gasteiger partial charge in [0.05, 0.1) is 25.7 Å². The third kappa shape index (κ3) is 4.10.